The molecule has 0 fully saturated rings. The average Bonchev–Trinajstić information content (AvgIpc) is 2.45. The number of hydrogen-bond donors (Lipinski definition) is 0. The van der Waals surface area contributed by atoms with Gasteiger partial charge in [-0.25, -0.2) is 0 Å². The Morgan fingerprint density at radius 3 is 1.75 bits per heavy atom. The van der Waals surface area contributed by atoms with E-state index in [1.54, 1.807) is 0 Å². The molecule has 0 saturated heterocycles. The lowest BCUT2D eigenvalue weighted by molar-refractivity contribution is -0.128. The van der Waals surface area contributed by atoms with E-state index in [2.05, 4.69) is 23.5 Å². The van der Waals surface area contributed by atoms with Crippen LogP contribution in [0.3, 0.4) is 0 Å². The zero-order chi connectivity index (χ0) is 14.9. The van der Waals surface area contributed by atoms with Crippen molar-refractivity contribution in [2.45, 2.75) is 78.1 Å². The first-order valence-electron chi connectivity index (χ1n) is 8.62. The fourth-order valence-electron chi connectivity index (χ4n) is 2.60. The molecule has 3 heteroatoms. The largest absolute Gasteiger partial charge is 0.468 e. The van der Waals surface area contributed by atoms with Gasteiger partial charge in [-0.3, -0.25) is 4.79 Å². The number of rotatable bonds is 16. The highest BCUT2D eigenvalue weighted by molar-refractivity contribution is 5.36. The Hall–Kier alpha value is -0.570. The van der Waals surface area contributed by atoms with E-state index >= 15 is 0 Å². The summed E-state index contributed by atoms with van der Waals surface area (Å²) in [5.41, 5.74) is 0. The number of unbranched alkanes of at least 4 members (excludes halogenated alkanes) is 7. The van der Waals surface area contributed by atoms with Crippen LogP contribution in [0.1, 0.15) is 78.1 Å². The normalized spacial score (nSPS) is 10.9. The molecule has 120 valence electrons. The molecule has 0 spiro atoms. The highest BCUT2D eigenvalue weighted by Gasteiger charge is 2.01. The van der Waals surface area contributed by atoms with Gasteiger partial charge >= 0.3 is 0 Å². The summed E-state index contributed by atoms with van der Waals surface area (Å²) in [6.45, 7) is 9.47. The number of nitrogens with zero attached hydrogens (tertiary/aromatic N) is 1. The van der Waals surface area contributed by atoms with Crippen LogP contribution in [0.2, 0.25) is 0 Å². The third kappa shape index (κ3) is 13.9. The summed E-state index contributed by atoms with van der Waals surface area (Å²) >= 11 is 0. The highest BCUT2D eigenvalue weighted by Crippen LogP contribution is 2.09. The van der Waals surface area contributed by atoms with Crippen LogP contribution in [-0.2, 0) is 9.53 Å². The molecule has 0 aromatic heterocycles. The molecule has 0 radical (unpaired) electrons. The molecule has 0 amide bonds. The van der Waals surface area contributed by atoms with Gasteiger partial charge in [0.1, 0.15) is 0 Å². The number of hydrogen-bond acceptors (Lipinski definition) is 3. The van der Waals surface area contributed by atoms with Crippen molar-refractivity contribution in [3.05, 3.63) is 0 Å². The Balaban J connectivity index is 3.20. The summed E-state index contributed by atoms with van der Waals surface area (Å²) in [6, 6.07) is 0. The van der Waals surface area contributed by atoms with Crippen LogP contribution in [0, 0.1) is 0 Å². The quantitative estimate of drug-likeness (QED) is 0.311. The van der Waals surface area contributed by atoms with Crippen molar-refractivity contribution in [2.24, 2.45) is 0 Å². The molecule has 0 bridgehead atoms. The second-order valence-corrected chi connectivity index (χ2v) is 5.64. The second kappa shape index (κ2) is 16.5. The van der Waals surface area contributed by atoms with E-state index in [9.17, 15) is 4.79 Å². The number of carbonyl (C=O) groups is 1. The van der Waals surface area contributed by atoms with Crippen LogP contribution in [-0.4, -0.2) is 37.6 Å². The van der Waals surface area contributed by atoms with Crippen molar-refractivity contribution < 1.29 is 9.53 Å². The topological polar surface area (TPSA) is 29.5 Å². The molecule has 0 N–H and O–H groups in total. The molecule has 0 atom stereocenters. The van der Waals surface area contributed by atoms with Crippen molar-refractivity contribution in [3.8, 4) is 0 Å². The minimum absolute atomic E-state index is 0.542. The van der Waals surface area contributed by atoms with Gasteiger partial charge in [-0.05, 0) is 45.3 Å². The smallest absolute Gasteiger partial charge is 0.293 e. The minimum atomic E-state index is 0.542. The van der Waals surface area contributed by atoms with Gasteiger partial charge in [-0.2, -0.15) is 0 Å². The lowest BCUT2D eigenvalue weighted by atomic mass is 10.1. The molecule has 0 heterocycles. The molecule has 0 aliphatic carbocycles. The Bertz CT molecular complexity index is 191. The van der Waals surface area contributed by atoms with E-state index in [1.165, 1.54) is 77.4 Å². The Labute approximate surface area is 126 Å². The Morgan fingerprint density at radius 1 is 0.750 bits per heavy atom. The molecular formula is C17H35NO2. The van der Waals surface area contributed by atoms with Crippen LogP contribution in [0.25, 0.3) is 0 Å². The lowest BCUT2D eigenvalue weighted by Crippen LogP contribution is -2.26. The van der Waals surface area contributed by atoms with Gasteiger partial charge in [0.25, 0.3) is 6.47 Å². The molecule has 0 unspecified atom stereocenters. The fourth-order valence-corrected chi connectivity index (χ4v) is 2.60. The number of carbonyl (C=O) groups excluding carboxylic acids is 1. The van der Waals surface area contributed by atoms with E-state index in [0.717, 1.165) is 6.42 Å². The third-order valence-electron chi connectivity index (χ3n) is 3.63. The van der Waals surface area contributed by atoms with E-state index < -0.39 is 0 Å². The molecule has 0 aromatic rings. The molecule has 0 aliphatic rings. The van der Waals surface area contributed by atoms with Crippen LogP contribution in [0.4, 0.5) is 0 Å². The highest BCUT2D eigenvalue weighted by atomic mass is 16.5. The molecule has 0 saturated carbocycles. The van der Waals surface area contributed by atoms with Crippen LogP contribution in [0.5, 0.6) is 0 Å². The number of ether oxygens (including phenoxy) is 1. The van der Waals surface area contributed by atoms with Gasteiger partial charge in [0.15, 0.2) is 0 Å². The summed E-state index contributed by atoms with van der Waals surface area (Å²) in [7, 11) is 0. The first kappa shape index (κ1) is 19.4. The summed E-state index contributed by atoms with van der Waals surface area (Å²) in [6.07, 6.45) is 12.8. The summed E-state index contributed by atoms with van der Waals surface area (Å²) in [5.74, 6) is 0. The minimum Gasteiger partial charge on any atom is -0.468 e. The maximum atomic E-state index is 9.94. The van der Waals surface area contributed by atoms with E-state index in [0.29, 0.717) is 13.1 Å². The summed E-state index contributed by atoms with van der Waals surface area (Å²) < 4.78 is 4.67. The average molecular weight is 285 g/mol. The van der Waals surface area contributed by atoms with E-state index in [4.69, 9.17) is 0 Å². The van der Waals surface area contributed by atoms with Gasteiger partial charge < -0.3 is 9.64 Å². The first-order valence-corrected chi connectivity index (χ1v) is 8.62. The molecule has 0 aliphatic heterocycles. The van der Waals surface area contributed by atoms with Crippen molar-refractivity contribution in [3.63, 3.8) is 0 Å². The molecule has 0 aromatic carbocycles. The maximum Gasteiger partial charge on any atom is 0.293 e. The van der Waals surface area contributed by atoms with Crippen molar-refractivity contribution in [2.75, 3.05) is 26.2 Å². The van der Waals surface area contributed by atoms with Crippen LogP contribution >= 0.6 is 0 Å². The third-order valence-corrected chi connectivity index (χ3v) is 3.63. The SMILES string of the molecule is CCCN(CCC)CCCCCCCCCCOC=O. The van der Waals surface area contributed by atoms with Gasteiger partial charge in [-0.15, -0.1) is 0 Å². The maximum absolute atomic E-state index is 9.94. The van der Waals surface area contributed by atoms with Crippen LogP contribution in [0.15, 0.2) is 0 Å². The molecule has 20 heavy (non-hydrogen) atoms. The fraction of sp³-hybridized carbons (Fsp3) is 0.941. The van der Waals surface area contributed by atoms with E-state index in [-0.39, 0.29) is 0 Å². The predicted octanol–water partition coefficient (Wildman–Crippen LogP) is 4.40. The first-order chi connectivity index (χ1) is 9.85. The van der Waals surface area contributed by atoms with Crippen LogP contribution < -0.4 is 0 Å². The van der Waals surface area contributed by atoms with Crippen molar-refractivity contribution >= 4 is 6.47 Å². The Morgan fingerprint density at radius 2 is 1.25 bits per heavy atom. The van der Waals surface area contributed by atoms with Gasteiger partial charge in [0.2, 0.25) is 0 Å². The zero-order valence-electron chi connectivity index (χ0n) is 13.7. The molecule has 0 rings (SSSR count). The predicted molar refractivity (Wildman–Crippen MR) is 86.0 cm³/mol. The summed E-state index contributed by atoms with van der Waals surface area (Å²) in [4.78, 5) is 12.5. The molecular weight excluding hydrogens is 250 g/mol. The monoisotopic (exact) mass is 285 g/mol. The van der Waals surface area contributed by atoms with E-state index in [1.807, 2.05) is 0 Å². The molecule has 3 nitrogen and oxygen atoms in total. The van der Waals surface area contributed by atoms with Gasteiger partial charge in [-0.1, -0.05) is 52.4 Å². The summed E-state index contributed by atoms with van der Waals surface area (Å²) in [5, 5.41) is 0. The van der Waals surface area contributed by atoms with Gasteiger partial charge in [0.05, 0.1) is 6.61 Å². The zero-order valence-corrected chi connectivity index (χ0v) is 13.7. The second-order valence-electron chi connectivity index (χ2n) is 5.64. The van der Waals surface area contributed by atoms with Crippen molar-refractivity contribution in [1.29, 1.82) is 0 Å². The Kier molecular flexibility index (Phi) is 16.0. The standard InChI is InChI=1S/C17H35NO2/c1-3-13-18(14-4-2)15-11-9-7-5-6-8-10-12-16-20-17-19/h17H,3-16H2,1-2H3. The van der Waals surface area contributed by atoms with Gasteiger partial charge in [0, 0.05) is 0 Å². The lowest BCUT2D eigenvalue weighted by Gasteiger charge is -2.20. The van der Waals surface area contributed by atoms with Crippen molar-refractivity contribution in [1.82, 2.24) is 4.90 Å².